The van der Waals surface area contributed by atoms with Crippen molar-refractivity contribution in [3.8, 4) is 0 Å². The summed E-state index contributed by atoms with van der Waals surface area (Å²) < 4.78 is 40.6. The number of Topliss-reactive ketones (excluding diaryl/α,β-unsaturated/α-hetero) is 2. The Labute approximate surface area is 127 Å². The van der Waals surface area contributed by atoms with Crippen molar-refractivity contribution in [1.82, 2.24) is 9.55 Å². The largest absolute Gasteiger partial charge is 0.398 e. The summed E-state index contributed by atoms with van der Waals surface area (Å²) in [6, 6.07) is -1.88. The van der Waals surface area contributed by atoms with Gasteiger partial charge in [-0.15, -0.1) is 0 Å². The number of ketones is 2. The fraction of sp³-hybridized carbons (Fsp3) is 0.333. The van der Waals surface area contributed by atoms with E-state index in [0.29, 0.717) is 4.57 Å². The molecule has 1 aliphatic rings. The standard InChI is InChI=1S/C15H15N3O3/c1-8-17-11-4-2-3-10(16)14(11)15(21)18(8)12-6-5-9(19)7-13(12)20/h2-4,12H,5-7,16H2,1H3/i3D,4D,5D,6D,12D. The Kier molecular flexibility index (Phi) is 1.99. The maximum atomic E-state index is 13.0. The lowest BCUT2D eigenvalue weighted by Crippen LogP contribution is -2.36. The number of fused-ring (bicyclic) bond motifs is 1. The van der Waals surface area contributed by atoms with Crippen LogP contribution in [0.15, 0.2) is 22.9 Å². The van der Waals surface area contributed by atoms with Crippen LogP contribution in [0, 0.1) is 6.92 Å². The fourth-order valence-electron chi connectivity index (χ4n) is 2.28. The van der Waals surface area contributed by atoms with Gasteiger partial charge in [-0.25, -0.2) is 4.98 Å². The smallest absolute Gasteiger partial charge is 0.264 e. The van der Waals surface area contributed by atoms with Crippen molar-refractivity contribution in [3.63, 3.8) is 0 Å². The molecular weight excluding hydrogens is 270 g/mol. The third-order valence-electron chi connectivity index (χ3n) is 3.25. The molecule has 3 atom stereocenters. The van der Waals surface area contributed by atoms with Crippen LogP contribution in [0.25, 0.3) is 10.9 Å². The molecule has 0 aliphatic heterocycles. The summed E-state index contributed by atoms with van der Waals surface area (Å²) in [7, 11) is 0. The van der Waals surface area contributed by atoms with Crippen molar-refractivity contribution < 1.29 is 16.4 Å². The number of carbonyl (C=O) groups is 2. The average Bonchev–Trinajstić information content (AvgIpc) is 2.56. The van der Waals surface area contributed by atoms with Gasteiger partial charge in [0.2, 0.25) is 0 Å². The molecule has 108 valence electrons. The Balaban J connectivity index is 2.43. The first-order valence-electron chi connectivity index (χ1n) is 8.87. The number of aromatic nitrogens is 2. The fourth-order valence-corrected chi connectivity index (χ4v) is 2.28. The van der Waals surface area contributed by atoms with Gasteiger partial charge in [-0.1, -0.05) is 6.07 Å². The lowest BCUT2D eigenvalue weighted by Gasteiger charge is -2.24. The van der Waals surface area contributed by atoms with Crippen molar-refractivity contribution >= 4 is 28.2 Å². The molecule has 1 saturated carbocycles. The minimum Gasteiger partial charge on any atom is -0.398 e. The van der Waals surface area contributed by atoms with Crippen molar-refractivity contribution in [2.45, 2.75) is 32.2 Å². The predicted octanol–water partition coefficient (Wildman–Crippen LogP) is 1.15. The van der Waals surface area contributed by atoms with Crippen LogP contribution in [0.5, 0.6) is 0 Å². The molecule has 2 N–H and O–H groups in total. The van der Waals surface area contributed by atoms with E-state index in [1.54, 1.807) is 0 Å². The molecule has 2 aromatic rings. The average molecular weight is 290 g/mol. The number of anilines is 1. The van der Waals surface area contributed by atoms with E-state index in [-0.39, 0.29) is 34.5 Å². The van der Waals surface area contributed by atoms with Crippen LogP contribution in [0.4, 0.5) is 5.69 Å². The Morgan fingerprint density at radius 2 is 2.24 bits per heavy atom. The molecule has 1 heterocycles. The quantitative estimate of drug-likeness (QED) is 0.628. The molecule has 1 aliphatic carbocycles. The Hall–Kier alpha value is -2.50. The van der Waals surface area contributed by atoms with Crippen LogP contribution in [0.1, 0.15) is 37.9 Å². The number of nitrogen functional groups attached to an aromatic ring is 1. The molecule has 6 nitrogen and oxygen atoms in total. The molecule has 3 rings (SSSR count). The third kappa shape index (κ3) is 2.12. The molecule has 0 radical (unpaired) electrons. The van der Waals surface area contributed by atoms with E-state index in [4.69, 9.17) is 12.6 Å². The highest BCUT2D eigenvalue weighted by atomic mass is 16.2. The van der Waals surface area contributed by atoms with Gasteiger partial charge in [-0.3, -0.25) is 19.0 Å². The van der Waals surface area contributed by atoms with E-state index in [0.717, 1.165) is 6.07 Å². The highest BCUT2D eigenvalue weighted by Gasteiger charge is 2.30. The maximum absolute atomic E-state index is 13.0. The molecule has 0 bridgehead atoms. The lowest BCUT2D eigenvalue weighted by atomic mass is 9.92. The highest BCUT2D eigenvalue weighted by molar-refractivity contribution is 6.03. The summed E-state index contributed by atoms with van der Waals surface area (Å²) in [4.78, 5) is 41.2. The van der Waals surface area contributed by atoms with Crippen LogP contribution in [-0.4, -0.2) is 21.1 Å². The number of hydrogen-bond donors (Lipinski definition) is 1. The summed E-state index contributed by atoms with van der Waals surface area (Å²) in [5, 5.41) is -0.293. The van der Waals surface area contributed by atoms with Crippen LogP contribution >= 0.6 is 0 Å². The summed E-state index contributed by atoms with van der Waals surface area (Å²) >= 11 is 0. The minimum absolute atomic E-state index is 0.0795. The predicted molar refractivity (Wildman–Crippen MR) is 78.1 cm³/mol. The number of aryl methyl sites for hydroxylation is 1. The second kappa shape index (κ2) is 4.80. The monoisotopic (exact) mass is 290 g/mol. The molecule has 0 saturated heterocycles. The van der Waals surface area contributed by atoms with Crippen molar-refractivity contribution in [1.29, 1.82) is 0 Å². The zero-order valence-electron chi connectivity index (χ0n) is 16.1. The summed E-state index contributed by atoms with van der Waals surface area (Å²) in [6.07, 6.45) is -4.21. The SMILES string of the molecule is [2H]c1cc([2H])c2nc(C)n(C3([2H])C(=O)CC(=O)C([2H])C3[2H])c(=O)c2c1N. The lowest BCUT2D eigenvalue weighted by molar-refractivity contribution is -0.132. The van der Waals surface area contributed by atoms with E-state index < -0.39 is 42.4 Å². The number of nitrogens with two attached hydrogens (primary N) is 1. The summed E-state index contributed by atoms with van der Waals surface area (Å²) in [5.41, 5.74) is 4.51. The van der Waals surface area contributed by atoms with E-state index in [1.807, 2.05) is 0 Å². The highest BCUT2D eigenvalue weighted by Crippen LogP contribution is 2.24. The molecule has 1 aromatic carbocycles. The number of hydrogen-bond acceptors (Lipinski definition) is 5. The second-order valence-corrected chi connectivity index (χ2v) is 4.65. The number of rotatable bonds is 1. The van der Waals surface area contributed by atoms with Crippen molar-refractivity contribution in [2.75, 3.05) is 5.73 Å². The molecule has 0 spiro atoms. The Morgan fingerprint density at radius 3 is 3.00 bits per heavy atom. The van der Waals surface area contributed by atoms with Gasteiger partial charge in [0.05, 0.1) is 27.5 Å². The molecule has 1 fully saturated rings. The molecule has 21 heavy (non-hydrogen) atoms. The molecular formula is C15H15N3O3. The molecule has 6 heteroatoms. The first-order chi connectivity index (χ1) is 12.0. The van der Waals surface area contributed by atoms with Gasteiger partial charge in [-0.2, -0.15) is 0 Å². The maximum Gasteiger partial charge on any atom is 0.264 e. The van der Waals surface area contributed by atoms with Crippen LogP contribution in [-0.2, 0) is 9.59 Å². The van der Waals surface area contributed by atoms with Gasteiger partial charge in [0.1, 0.15) is 11.6 Å². The van der Waals surface area contributed by atoms with Gasteiger partial charge < -0.3 is 5.73 Å². The molecule has 1 aromatic heterocycles. The van der Waals surface area contributed by atoms with Gasteiger partial charge in [0.15, 0.2) is 5.78 Å². The topological polar surface area (TPSA) is 95.0 Å². The van der Waals surface area contributed by atoms with E-state index in [1.165, 1.54) is 6.92 Å². The van der Waals surface area contributed by atoms with E-state index in [2.05, 4.69) is 4.98 Å². The van der Waals surface area contributed by atoms with Crippen LogP contribution < -0.4 is 11.3 Å². The first kappa shape index (κ1) is 8.71. The van der Waals surface area contributed by atoms with Gasteiger partial charge in [-0.05, 0) is 25.4 Å². The number of nitrogens with zero attached hydrogens (tertiary/aromatic N) is 2. The van der Waals surface area contributed by atoms with Gasteiger partial charge in [0, 0.05) is 14.8 Å². The van der Waals surface area contributed by atoms with Crippen molar-refractivity contribution in [2.24, 2.45) is 0 Å². The van der Waals surface area contributed by atoms with Crippen LogP contribution in [0.3, 0.4) is 0 Å². The Morgan fingerprint density at radius 1 is 1.48 bits per heavy atom. The van der Waals surface area contributed by atoms with E-state index >= 15 is 0 Å². The van der Waals surface area contributed by atoms with Gasteiger partial charge in [0.25, 0.3) is 5.56 Å². The number of benzene rings is 1. The minimum atomic E-state index is -2.52. The summed E-state index contributed by atoms with van der Waals surface area (Å²) in [6.45, 7) is 1.33. The van der Waals surface area contributed by atoms with E-state index in [9.17, 15) is 14.4 Å². The second-order valence-electron chi connectivity index (χ2n) is 4.65. The van der Waals surface area contributed by atoms with Crippen molar-refractivity contribution in [3.05, 3.63) is 34.3 Å². The normalized spacial score (nSPS) is 33.1. The summed E-state index contributed by atoms with van der Waals surface area (Å²) in [5.74, 6) is -1.88. The Bertz CT molecular complexity index is 1040. The van der Waals surface area contributed by atoms with Crippen LogP contribution in [0.2, 0.25) is 0 Å². The molecule has 0 amide bonds. The zero-order valence-corrected chi connectivity index (χ0v) is 11.1. The zero-order chi connectivity index (χ0) is 19.5. The first-order valence-corrected chi connectivity index (χ1v) is 6.21. The van der Waals surface area contributed by atoms with Gasteiger partial charge >= 0.3 is 0 Å². The molecule has 3 unspecified atom stereocenters. The third-order valence-corrected chi connectivity index (χ3v) is 3.25. The number of carbonyl (C=O) groups excluding carboxylic acids is 2.